The zero-order valence-electron chi connectivity index (χ0n) is 32.8. The topological polar surface area (TPSA) is 181 Å². The van der Waals surface area contributed by atoms with E-state index in [9.17, 15) is 24.3 Å². The lowest BCUT2D eigenvalue weighted by atomic mass is 9.85. The summed E-state index contributed by atoms with van der Waals surface area (Å²) in [5.74, 6) is -1.75. The number of carboxylic acid groups (broad SMARTS) is 1. The van der Waals surface area contributed by atoms with Crippen LogP contribution in [0.2, 0.25) is 5.02 Å². The van der Waals surface area contributed by atoms with Crippen molar-refractivity contribution < 1.29 is 38.5 Å². The molecule has 3 aliphatic carbocycles. The number of hydrogen-bond acceptors (Lipinski definition) is 11. The van der Waals surface area contributed by atoms with Gasteiger partial charge in [0.1, 0.15) is 52.0 Å². The van der Waals surface area contributed by atoms with Crippen LogP contribution in [-0.2, 0) is 19.1 Å². The molecule has 16 heteroatoms. The number of nitrogens with zero attached hydrogens (tertiary/aromatic N) is 3. The molecule has 2 bridgehead atoms. The molecule has 0 radical (unpaired) electrons. The summed E-state index contributed by atoms with van der Waals surface area (Å²) in [7, 11) is 1.51. The molecule has 2 unspecified atom stereocenters. The van der Waals surface area contributed by atoms with E-state index in [-0.39, 0.29) is 48.4 Å². The maximum Gasteiger partial charge on any atom is 0.408 e. The number of halogens is 1. The van der Waals surface area contributed by atoms with E-state index in [1.165, 1.54) is 29.4 Å². The van der Waals surface area contributed by atoms with Crippen LogP contribution in [0.25, 0.3) is 22.3 Å². The maximum absolute atomic E-state index is 14.7. The Morgan fingerprint density at radius 1 is 1.11 bits per heavy atom. The highest BCUT2D eigenvalue weighted by atomic mass is 35.5. The van der Waals surface area contributed by atoms with Crippen molar-refractivity contribution in [3.8, 4) is 22.9 Å². The molecule has 0 spiro atoms. The number of alkyl carbamates (subject to hydrolysis) is 1. The fraction of sp³-hybridized carbons (Fsp3) is 0.512. The number of benzene rings is 1. The molecular formula is C41H49ClN6O8S. The van der Waals surface area contributed by atoms with Crippen LogP contribution in [0, 0.1) is 23.2 Å². The van der Waals surface area contributed by atoms with Crippen molar-refractivity contribution in [2.45, 2.75) is 96.2 Å². The number of amides is 3. The molecule has 1 aromatic carbocycles. The number of ether oxygens (including phenoxy) is 3. The van der Waals surface area contributed by atoms with Gasteiger partial charge in [0.05, 0.1) is 24.9 Å². The normalized spacial score (nSPS) is 26.6. The van der Waals surface area contributed by atoms with Gasteiger partial charge in [-0.05, 0) is 50.7 Å². The Kier molecular flexibility index (Phi) is 10.9. The Hall–Kier alpha value is -4.89. The highest BCUT2D eigenvalue weighted by molar-refractivity contribution is 7.14. The molecule has 2 saturated carbocycles. The van der Waals surface area contributed by atoms with Crippen LogP contribution < -0.4 is 25.4 Å². The number of fused-ring (bicyclic) bond motifs is 3. The molecule has 2 aromatic heterocycles. The number of thiazole rings is 1. The van der Waals surface area contributed by atoms with Crippen molar-refractivity contribution >= 4 is 62.8 Å². The molecular weight excluding hydrogens is 772 g/mol. The first-order chi connectivity index (χ1) is 27.0. The van der Waals surface area contributed by atoms with E-state index in [0.29, 0.717) is 38.9 Å². The molecule has 3 amide bonds. The average molecular weight is 821 g/mol. The first-order valence-corrected chi connectivity index (χ1v) is 20.5. The molecule has 14 nitrogen and oxygen atoms in total. The molecule has 304 valence electrons. The second-order valence-electron chi connectivity index (χ2n) is 16.7. The summed E-state index contributed by atoms with van der Waals surface area (Å²) in [5.41, 5.74) is -0.866. The van der Waals surface area contributed by atoms with Crippen LogP contribution in [0.5, 0.6) is 11.5 Å². The number of hydrogen-bond donors (Lipinski definition) is 4. The van der Waals surface area contributed by atoms with Gasteiger partial charge >= 0.3 is 12.1 Å². The Balaban J connectivity index is 1.21. The van der Waals surface area contributed by atoms with Gasteiger partial charge in [-0.15, -0.1) is 17.9 Å². The summed E-state index contributed by atoms with van der Waals surface area (Å²) in [5, 5.41) is 22.4. The molecule has 1 saturated heterocycles. The molecule has 7 rings (SSSR count). The van der Waals surface area contributed by atoms with Gasteiger partial charge in [-0.2, -0.15) is 0 Å². The van der Waals surface area contributed by atoms with E-state index in [4.69, 9.17) is 35.8 Å². The van der Waals surface area contributed by atoms with Crippen molar-refractivity contribution in [2.75, 3.05) is 19.0 Å². The summed E-state index contributed by atoms with van der Waals surface area (Å²) in [6.07, 6.45) is 5.97. The van der Waals surface area contributed by atoms with Gasteiger partial charge in [0.2, 0.25) is 11.8 Å². The number of aliphatic carboxylic acids is 1. The number of methoxy groups -OCH3 is 1. The summed E-state index contributed by atoms with van der Waals surface area (Å²) >= 11 is 8.25. The van der Waals surface area contributed by atoms with Crippen molar-refractivity contribution in [3.05, 3.63) is 53.4 Å². The molecule has 3 aromatic rings. The third kappa shape index (κ3) is 7.88. The Morgan fingerprint density at radius 3 is 2.42 bits per heavy atom. The fourth-order valence-electron chi connectivity index (χ4n) is 8.17. The summed E-state index contributed by atoms with van der Waals surface area (Å²) in [4.78, 5) is 65.7. The first-order valence-electron chi connectivity index (χ1n) is 19.2. The average Bonchev–Trinajstić information content (AvgIpc) is 3.61. The summed E-state index contributed by atoms with van der Waals surface area (Å²) in [6, 6.07) is 3.15. The molecule has 4 N–H and O–H groups in total. The SMILES string of the molecule is C=C[C@@H]1C[C@]1(NC(=O)[C@@H]1C[C@@H](Oc2cc(-c3csc(NC(C)C)n3)nc3c(Cl)c(OC)ccc23)CN1C(=O)[C@@H](NC(=O)OC1C2C=CC1CC2)C(C)(C)C)C(=O)O. The van der Waals surface area contributed by atoms with E-state index in [1.54, 1.807) is 18.2 Å². The van der Waals surface area contributed by atoms with Gasteiger partial charge in [0.25, 0.3) is 0 Å². The Labute approximate surface area is 340 Å². The third-order valence-corrected chi connectivity index (χ3v) is 12.5. The van der Waals surface area contributed by atoms with Gasteiger partial charge in [0, 0.05) is 47.0 Å². The lowest BCUT2D eigenvalue weighted by Gasteiger charge is -2.35. The first kappa shape index (κ1) is 40.3. The summed E-state index contributed by atoms with van der Waals surface area (Å²) < 4.78 is 18.1. The Bertz CT molecular complexity index is 2120. The zero-order valence-corrected chi connectivity index (χ0v) is 34.4. The van der Waals surface area contributed by atoms with Crippen LogP contribution in [0.1, 0.15) is 60.3 Å². The fourth-order valence-corrected chi connectivity index (χ4v) is 9.30. The molecule has 4 aliphatic rings. The van der Waals surface area contributed by atoms with Crippen molar-refractivity contribution in [1.82, 2.24) is 25.5 Å². The number of rotatable bonds is 13. The number of likely N-dealkylation sites (tertiary alicyclic amines) is 1. The minimum atomic E-state index is -1.53. The third-order valence-electron chi connectivity index (χ3n) is 11.3. The summed E-state index contributed by atoms with van der Waals surface area (Å²) in [6.45, 7) is 13.2. The van der Waals surface area contributed by atoms with Crippen LogP contribution in [0.4, 0.5) is 9.93 Å². The van der Waals surface area contributed by atoms with Gasteiger partial charge < -0.3 is 40.2 Å². The van der Waals surface area contributed by atoms with Crippen LogP contribution in [0.3, 0.4) is 0 Å². The predicted octanol–water partition coefficient (Wildman–Crippen LogP) is 6.44. The largest absolute Gasteiger partial charge is 0.495 e. The molecule has 1 aliphatic heterocycles. The van der Waals surface area contributed by atoms with Crippen molar-refractivity contribution in [2.24, 2.45) is 23.2 Å². The Morgan fingerprint density at radius 2 is 1.82 bits per heavy atom. The molecule has 7 atom stereocenters. The standard InChI is InChI=1S/C41H49ClN6O8S/c1-8-23-17-41(23,37(51)52)47-35(49)28-15-24(18-48(28)36(50)34(40(4,5)6)46-39(53)56-33-21-9-10-22(33)12-11-21)55-30-16-26(27-19-57-38(45-27)43-20(2)3)44-32-25(30)13-14-29(54-7)31(32)42/h8-10,13-14,16,19-24,28,33-34H,1,11-12,15,17-18H2,2-7H3,(H,43,45)(H,46,53)(H,47,49)(H,51,52)/t21?,22?,23-,24-,28+,33?,34-,41-/m1/s1. The van der Waals surface area contributed by atoms with E-state index < -0.39 is 58.9 Å². The smallest absolute Gasteiger partial charge is 0.408 e. The molecule has 3 fully saturated rings. The highest BCUT2D eigenvalue weighted by Gasteiger charge is 2.61. The molecule has 3 heterocycles. The number of anilines is 1. The minimum absolute atomic E-state index is 0.0205. The second-order valence-corrected chi connectivity index (χ2v) is 18.0. The van der Waals surface area contributed by atoms with Crippen LogP contribution >= 0.6 is 22.9 Å². The zero-order chi connectivity index (χ0) is 41.0. The number of pyridine rings is 1. The van der Waals surface area contributed by atoms with Crippen molar-refractivity contribution in [1.29, 1.82) is 0 Å². The van der Waals surface area contributed by atoms with E-state index in [1.807, 2.05) is 40.0 Å². The molecule has 57 heavy (non-hydrogen) atoms. The van der Waals surface area contributed by atoms with Gasteiger partial charge in [0.15, 0.2) is 5.13 Å². The maximum atomic E-state index is 14.7. The van der Waals surface area contributed by atoms with Crippen molar-refractivity contribution in [3.63, 3.8) is 0 Å². The highest BCUT2D eigenvalue weighted by Crippen LogP contribution is 2.46. The predicted molar refractivity (Wildman–Crippen MR) is 217 cm³/mol. The van der Waals surface area contributed by atoms with E-state index in [0.717, 1.165) is 12.8 Å². The van der Waals surface area contributed by atoms with Gasteiger partial charge in [-0.3, -0.25) is 9.59 Å². The van der Waals surface area contributed by atoms with E-state index in [2.05, 4.69) is 34.7 Å². The number of aromatic nitrogens is 2. The van der Waals surface area contributed by atoms with Crippen LogP contribution in [0.15, 0.2) is 48.4 Å². The number of carboxylic acids is 1. The van der Waals surface area contributed by atoms with E-state index >= 15 is 0 Å². The monoisotopic (exact) mass is 820 g/mol. The number of carbonyl (C=O) groups excluding carboxylic acids is 3. The lowest BCUT2D eigenvalue weighted by molar-refractivity contribution is -0.146. The quantitative estimate of drug-likeness (QED) is 0.139. The van der Waals surface area contributed by atoms with Gasteiger partial charge in [-0.25, -0.2) is 19.6 Å². The number of carbonyl (C=O) groups is 4. The van der Waals surface area contributed by atoms with Gasteiger partial charge in [-0.1, -0.05) is 50.6 Å². The second kappa shape index (κ2) is 15.5. The minimum Gasteiger partial charge on any atom is -0.495 e. The number of nitrogens with one attached hydrogen (secondary N) is 3. The van der Waals surface area contributed by atoms with Crippen LogP contribution in [-0.4, -0.2) is 93.4 Å². The lowest BCUT2D eigenvalue weighted by Crippen LogP contribution is -2.59.